The van der Waals surface area contributed by atoms with E-state index in [-0.39, 0.29) is 17.8 Å². The van der Waals surface area contributed by atoms with Gasteiger partial charge in [0.25, 0.3) is 5.91 Å². The SMILES string of the molecule is CCOC(=O)C1CCN(C(=O)c2snnc2C)CC1. The maximum Gasteiger partial charge on any atom is 0.309 e. The maximum absolute atomic E-state index is 12.2. The molecule has 1 aliphatic rings. The summed E-state index contributed by atoms with van der Waals surface area (Å²) in [6, 6.07) is 0. The number of rotatable bonds is 3. The molecule has 0 spiro atoms. The molecule has 0 N–H and O–H groups in total. The molecule has 1 amide bonds. The Balaban J connectivity index is 1.92. The molecule has 2 heterocycles. The van der Waals surface area contributed by atoms with Crippen LogP contribution < -0.4 is 0 Å². The van der Waals surface area contributed by atoms with Gasteiger partial charge in [-0.2, -0.15) is 0 Å². The number of hydrogen-bond acceptors (Lipinski definition) is 6. The summed E-state index contributed by atoms with van der Waals surface area (Å²) in [4.78, 5) is 26.2. The first-order valence-electron chi connectivity index (χ1n) is 6.38. The van der Waals surface area contributed by atoms with Gasteiger partial charge in [0.05, 0.1) is 18.2 Å². The molecule has 0 bridgehead atoms. The summed E-state index contributed by atoms with van der Waals surface area (Å²) in [5.41, 5.74) is 0.669. The molecule has 0 aromatic carbocycles. The lowest BCUT2D eigenvalue weighted by Crippen LogP contribution is -2.40. The summed E-state index contributed by atoms with van der Waals surface area (Å²) in [6.07, 6.45) is 1.33. The maximum atomic E-state index is 12.2. The van der Waals surface area contributed by atoms with Crippen LogP contribution in [0.5, 0.6) is 0 Å². The number of amides is 1. The van der Waals surface area contributed by atoms with Crippen molar-refractivity contribution >= 4 is 23.4 Å². The zero-order valence-electron chi connectivity index (χ0n) is 11.1. The average Bonchev–Trinajstić information content (AvgIpc) is 2.84. The Morgan fingerprint density at radius 1 is 1.42 bits per heavy atom. The van der Waals surface area contributed by atoms with E-state index < -0.39 is 0 Å². The van der Waals surface area contributed by atoms with Crippen LogP contribution in [-0.2, 0) is 9.53 Å². The van der Waals surface area contributed by atoms with Crippen LogP contribution >= 0.6 is 11.5 Å². The van der Waals surface area contributed by atoms with Gasteiger partial charge in [-0.25, -0.2) is 0 Å². The predicted molar refractivity (Wildman–Crippen MR) is 69.9 cm³/mol. The normalized spacial score (nSPS) is 16.4. The minimum absolute atomic E-state index is 0.0326. The molecule has 1 saturated heterocycles. The number of piperidine rings is 1. The van der Waals surface area contributed by atoms with E-state index in [2.05, 4.69) is 9.59 Å². The molecule has 1 aliphatic heterocycles. The second kappa shape index (κ2) is 6.10. The Morgan fingerprint density at radius 2 is 2.11 bits per heavy atom. The molecule has 2 rings (SSSR count). The van der Waals surface area contributed by atoms with E-state index >= 15 is 0 Å². The molecule has 1 aromatic rings. The van der Waals surface area contributed by atoms with Gasteiger partial charge in [-0.3, -0.25) is 9.59 Å². The Bertz CT molecular complexity index is 467. The van der Waals surface area contributed by atoms with E-state index in [1.807, 2.05) is 0 Å². The minimum Gasteiger partial charge on any atom is -0.466 e. The molecular formula is C12H17N3O3S. The van der Waals surface area contributed by atoms with E-state index in [4.69, 9.17) is 4.74 Å². The Kier molecular flexibility index (Phi) is 4.47. The van der Waals surface area contributed by atoms with Crippen molar-refractivity contribution in [3.8, 4) is 0 Å². The fourth-order valence-electron chi connectivity index (χ4n) is 2.15. The molecule has 0 saturated carbocycles. The zero-order valence-corrected chi connectivity index (χ0v) is 11.9. The Labute approximate surface area is 115 Å². The van der Waals surface area contributed by atoms with Gasteiger partial charge in [0.1, 0.15) is 4.88 Å². The highest BCUT2D eigenvalue weighted by atomic mass is 32.1. The molecule has 19 heavy (non-hydrogen) atoms. The molecule has 0 atom stereocenters. The number of ether oxygens (including phenoxy) is 1. The largest absolute Gasteiger partial charge is 0.466 e. The molecule has 0 aliphatic carbocycles. The number of carbonyl (C=O) groups is 2. The third-order valence-electron chi connectivity index (χ3n) is 3.25. The van der Waals surface area contributed by atoms with Gasteiger partial charge in [0, 0.05) is 13.1 Å². The summed E-state index contributed by atoms with van der Waals surface area (Å²) < 4.78 is 8.78. The van der Waals surface area contributed by atoms with Crippen LogP contribution in [0.15, 0.2) is 0 Å². The summed E-state index contributed by atoms with van der Waals surface area (Å²) in [7, 11) is 0. The van der Waals surface area contributed by atoms with Crippen LogP contribution in [-0.4, -0.2) is 46.1 Å². The summed E-state index contributed by atoms with van der Waals surface area (Å²) in [5.74, 6) is -0.260. The van der Waals surface area contributed by atoms with E-state index in [1.54, 1.807) is 18.7 Å². The quantitative estimate of drug-likeness (QED) is 0.781. The van der Waals surface area contributed by atoms with Crippen LogP contribution in [0.25, 0.3) is 0 Å². The van der Waals surface area contributed by atoms with Crippen LogP contribution in [0.1, 0.15) is 35.1 Å². The lowest BCUT2D eigenvalue weighted by molar-refractivity contribution is -0.149. The molecule has 104 valence electrons. The van der Waals surface area contributed by atoms with Crippen molar-refractivity contribution in [2.24, 2.45) is 5.92 Å². The van der Waals surface area contributed by atoms with Crippen molar-refractivity contribution < 1.29 is 14.3 Å². The first-order valence-corrected chi connectivity index (χ1v) is 7.15. The fraction of sp³-hybridized carbons (Fsp3) is 0.667. The van der Waals surface area contributed by atoms with Crippen molar-refractivity contribution in [1.82, 2.24) is 14.5 Å². The Morgan fingerprint density at radius 3 is 2.63 bits per heavy atom. The lowest BCUT2D eigenvalue weighted by Gasteiger charge is -2.30. The monoisotopic (exact) mass is 283 g/mol. The van der Waals surface area contributed by atoms with E-state index in [0.29, 0.717) is 43.1 Å². The van der Waals surface area contributed by atoms with Crippen LogP contribution in [0, 0.1) is 12.8 Å². The third kappa shape index (κ3) is 3.09. The summed E-state index contributed by atoms with van der Waals surface area (Å²) >= 11 is 1.12. The molecule has 1 fully saturated rings. The topological polar surface area (TPSA) is 72.4 Å². The van der Waals surface area contributed by atoms with Gasteiger partial charge in [0.2, 0.25) is 0 Å². The lowest BCUT2D eigenvalue weighted by atomic mass is 9.97. The van der Waals surface area contributed by atoms with Gasteiger partial charge >= 0.3 is 5.97 Å². The van der Waals surface area contributed by atoms with Gasteiger partial charge in [0.15, 0.2) is 0 Å². The zero-order chi connectivity index (χ0) is 13.8. The number of aromatic nitrogens is 2. The number of carbonyl (C=O) groups excluding carboxylic acids is 2. The standard InChI is InChI=1S/C12H17N3O3S/c1-3-18-12(17)9-4-6-15(7-5-9)11(16)10-8(2)13-14-19-10/h9H,3-7H2,1-2H3. The highest BCUT2D eigenvalue weighted by Crippen LogP contribution is 2.21. The smallest absolute Gasteiger partial charge is 0.309 e. The number of nitrogens with zero attached hydrogens (tertiary/aromatic N) is 3. The summed E-state index contributed by atoms with van der Waals surface area (Å²) in [6.45, 7) is 5.15. The molecule has 0 unspecified atom stereocenters. The molecule has 1 aromatic heterocycles. The highest BCUT2D eigenvalue weighted by molar-refractivity contribution is 7.07. The van der Waals surface area contributed by atoms with Crippen molar-refractivity contribution in [3.05, 3.63) is 10.6 Å². The number of aryl methyl sites for hydroxylation is 1. The highest BCUT2D eigenvalue weighted by Gasteiger charge is 2.29. The second-order valence-electron chi connectivity index (χ2n) is 4.51. The Hall–Kier alpha value is -1.50. The van der Waals surface area contributed by atoms with Gasteiger partial charge in [-0.1, -0.05) is 4.49 Å². The van der Waals surface area contributed by atoms with Gasteiger partial charge < -0.3 is 9.64 Å². The fourth-order valence-corrected chi connectivity index (χ4v) is 2.77. The van der Waals surface area contributed by atoms with Crippen molar-refractivity contribution in [2.75, 3.05) is 19.7 Å². The van der Waals surface area contributed by atoms with Crippen LogP contribution in [0.4, 0.5) is 0 Å². The summed E-state index contributed by atoms with van der Waals surface area (Å²) in [5, 5.41) is 3.85. The van der Waals surface area contributed by atoms with Crippen molar-refractivity contribution in [3.63, 3.8) is 0 Å². The predicted octanol–water partition coefficient (Wildman–Crippen LogP) is 1.26. The molecular weight excluding hydrogens is 266 g/mol. The molecule has 6 nitrogen and oxygen atoms in total. The van der Waals surface area contributed by atoms with Crippen LogP contribution in [0.2, 0.25) is 0 Å². The van der Waals surface area contributed by atoms with Gasteiger partial charge in [-0.15, -0.1) is 5.10 Å². The molecule has 7 heteroatoms. The number of esters is 1. The first-order chi connectivity index (χ1) is 9.13. The minimum atomic E-state index is -0.148. The number of likely N-dealkylation sites (tertiary alicyclic amines) is 1. The van der Waals surface area contributed by atoms with Crippen LogP contribution in [0.3, 0.4) is 0 Å². The van der Waals surface area contributed by atoms with Crippen molar-refractivity contribution in [1.29, 1.82) is 0 Å². The van der Waals surface area contributed by atoms with E-state index in [0.717, 1.165) is 11.5 Å². The second-order valence-corrected chi connectivity index (χ2v) is 5.26. The molecule has 0 radical (unpaired) electrons. The van der Waals surface area contributed by atoms with E-state index in [9.17, 15) is 9.59 Å². The first kappa shape index (κ1) is 13.9. The number of hydrogen-bond donors (Lipinski definition) is 0. The van der Waals surface area contributed by atoms with Gasteiger partial charge in [-0.05, 0) is 38.2 Å². The average molecular weight is 283 g/mol. The van der Waals surface area contributed by atoms with E-state index in [1.165, 1.54) is 0 Å². The third-order valence-corrected chi connectivity index (χ3v) is 4.06. The van der Waals surface area contributed by atoms with Crippen molar-refractivity contribution in [2.45, 2.75) is 26.7 Å².